The van der Waals surface area contributed by atoms with Crippen LogP contribution in [0.3, 0.4) is 0 Å². The standard InChI is InChI=1S/C9H12N2O2S/c1-7(8-5-4-6-14-8)10-13-9(12)11(2)3/h4-6H,1-3H3/b10-7+. The fourth-order valence-corrected chi connectivity index (χ4v) is 1.39. The van der Waals surface area contributed by atoms with E-state index in [1.165, 1.54) is 4.90 Å². The van der Waals surface area contributed by atoms with Gasteiger partial charge < -0.3 is 4.90 Å². The van der Waals surface area contributed by atoms with Gasteiger partial charge in [-0.2, -0.15) is 0 Å². The number of carbonyl (C=O) groups is 1. The molecule has 0 aliphatic rings. The summed E-state index contributed by atoms with van der Waals surface area (Å²) >= 11 is 1.56. The van der Waals surface area contributed by atoms with Crippen molar-refractivity contribution in [1.29, 1.82) is 0 Å². The van der Waals surface area contributed by atoms with Crippen LogP contribution >= 0.6 is 11.3 Å². The van der Waals surface area contributed by atoms with Gasteiger partial charge in [0.25, 0.3) is 0 Å². The predicted molar refractivity (Wildman–Crippen MR) is 56.7 cm³/mol. The van der Waals surface area contributed by atoms with E-state index in [9.17, 15) is 4.79 Å². The van der Waals surface area contributed by atoms with Crippen molar-refractivity contribution >= 4 is 23.1 Å². The second kappa shape index (κ2) is 4.76. The van der Waals surface area contributed by atoms with Gasteiger partial charge >= 0.3 is 6.09 Å². The summed E-state index contributed by atoms with van der Waals surface area (Å²) in [7, 11) is 3.22. The Hall–Kier alpha value is -1.36. The second-order valence-corrected chi connectivity index (χ2v) is 3.85. The Kier molecular flexibility index (Phi) is 3.64. The SMILES string of the molecule is C/C(=N\OC(=O)N(C)C)c1cccs1. The van der Waals surface area contributed by atoms with Gasteiger partial charge in [0, 0.05) is 14.1 Å². The Balaban J connectivity index is 2.58. The Bertz CT molecular complexity index is 331. The second-order valence-electron chi connectivity index (χ2n) is 2.91. The van der Waals surface area contributed by atoms with Gasteiger partial charge in [0.15, 0.2) is 0 Å². The minimum absolute atomic E-state index is 0.471. The first kappa shape index (κ1) is 10.7. The van der Waals surface area contributed by atoms with Crippen LogP contribution in [0.5, 0.6) is 0 Å². The van der Waals surface area contributed by atoms with Gasteiger partial charge in [0.2, 0.25) is 0 Å². The Morgan fingerprint density at radius 1 is 1.57 bits per heavy atom. The highest BCUT2D eigenvalue weighted by molar-refractivity contribution is 7.12. The largest absolute Gasteiger partial charge is 0.435 e. The third kappa shape index (κ3) is 2.85. The highest BCUT2D eigenvalue weighted by Gasteiger charge is 2.05. The topological polar surface area (TPSA) is 41.9 Å². The van der Waals surface area contributed by atoms with Crippen molar-refractivity contribution in [1.82, 2.24) is 4.90 Å². The summed E-state index contributed by atoms with van der Waals surface area (Å²) in [5.41, 5.74) is 0.704. The maximum absolute atomic E-state index is 11.0. The molecule has 0 bridgehead atoms. The van der Waals surface area contributed by atoms with Crippen LogP contribution in [0.1, 0.15) is 11.8 Å². The molecule has 0 atom stereocenters. The van der Waals surface area contributed by atoms with E-state index in [0.717, 1.165) is 4.88 Å². The van der Waals surface area contributed by atoms with Crippen molar-refractivity contribution in [3.63, 3.8) is 0 Å². The lowest BCUT2D eigenvalue weighted by Crippen LogP contribution is -2.21. The van der Waals surface area contributed by atoms with E-state index in [0.29, 0.717) is 5.71 Å². The van der Waals surface area contributed by atoms with Crippen LogP contribution in [-0.2, 0) is 4.84 Å². The molecule has 5 heteroatoms. The summed E-state index contributed by atoms with van der Waals surface area (Å²) in [6.45, 7) is 1.80. The first-order chi connectivity index (χ1) is 6.61. The zero-order valence-corrected chi connectivity index (χ0v) is 9.17. The number of thiophene rings is 1. The van der Waals surface area contributed by atoms with E-state index in [1.54, 1.807) is 32.4 Å². The predicted octanol–water partition coefficient (Wildman–Crippen LogP) is 2.17. The summed E-state index contributed by atoms with van der Waals surface area (Å²) in [5.74, 6) is 0. The summed E-state index contributed by atoms with van der Waals surface area (Å²) in [6, 6.07) is 3.85. The van der Waals surface area contributed by atoms with Crippen molar-refractivity contribution in [2.24, 2.45) is 5.16 Å². The van der Waals surface area contributed by atoms with Crippen LogP contribution in [-0.4, -0.2) is 30.8 Å². The van der Waals surface area contributed by atoms with Gasteiger partial charge in [-0.25, -0.2) is 4.79 Å². The minimum atomic E-state index is -0.471. The van der Waals surface area contributed by atoms with Crippen molar-refractivity contribution in [3.8, 4) is 0 Å². The Labute approximate surface area is 86.8 Å². The van der Waals surface area contributed by atoms with E-state index in [1.807, 2.05) is 17.5 Å². The molecule has 1 amide bonds. The molecule has 0 aliphatic carbocycles. The van der Waals surface area contributed by atoms with Gasteiger partial charge in [0.1, 0.15) is 0 Å². The molecule has 0 aliphatic heterocycles. The summed E-state index contributed by atoms with van der Waals surface area (Å²) < 4.78 is 0. The Morgan fingerprint density at radius 3 is 2.79 bits per heavy atom. The molecule has 0 radical (unpaired) electrons. The zero-order chi connectivity index (χ0) is 10.6. The normalized spacial score (nSPS) is 11.2. The molecule has 0 saturated heterocycles. The van der Waals surface area contributed by atoms with Gasteiger partial charge in [-0.1, -0.05) is 11.2 Å². The summed E-state index contributed by atoms with van der Waals surface area (Å²) in [5, 5.41) is 5.67. The number of hydrogen-bond donors (Lipinski definition) is 0. The van der Waals surface area contributed by atoms with Crippen molar-refractivity contribution in [3.05, 3.63) is 22.4 Å². The molecule has 0 N–H and O–H groups in total. The lowest BCUT2D eigenvalue weighted by atomic mass is 10.3. The van der Waals surface area contributed by atoms with Gasteiger partial charge in [-0.05, 0) is 18.4 Å². The van der Waals surface area contributed by atoms with Gasteiger partial charge in [0.05, 0.1) is 10.6 Å². The molecule has 1 aromatic rings. The molecule has 14 heavy (non-hydrogen) atoms. The van der Waals surface area contributed by atoms with Crippen LogP contribution in [0, 0.1) is 0 Å². The van der Waals surface area contributed by atoms with Gasteiger partial charge in [-0.15, -0.1) is 11.3 Å². The fourth-order valence-electron chi connectivity index (χ4n) is 0.719. The quantitative estimate of drug-likeness (QED) is 0.428. The van der Waals surface area contributed by atoms with Crippen LogP contribution in [0.4, 0.5) is 4.79 Å². The van der Waals surface area contributed by atoms with E-state index in [2.05, 4.69) is 9.99 Å². The number of oxime groups is 1. The number of nitrogens with zero attached hydrogens (tertiary/aromatic N) is 2. The smallest absolute Gasteiger partial charge is 0.312 e. The monoisotopic (exact) mass is 212 g/mol. The summed E-state index contributed by atoms with van der Waals surface area (Å²) in [4.78, 5) is 18.0. The van der Waals surface area contributed by atoms with E-state index in [-0.39, 0.29) is 0 Å². The Morgan fingerprint density at radius 2 is 2.29 bits per heavy atom. The number of amides is 1. The van der Waals surface area contributed by atoms with Crippen LogP contribution < -0.4 is 0 Å². The first-order valence-electron chi connectivity index (χ1n) is 4.08. The average Bonchev–Trinajstić information content (AvgIpc) is 2.66. The molecule has 0 spiro atoms. The maximum atomic E-state index is 11.0. The van der Waals surface area contributed by atoms with Crippen LogP contribution in [0.25, 0.3) is 0 Å². The third-order valence-electron chi connectivity index (χ3n) is 1.50. The zero-order valence-electron chi connectivity index (χ0n) is 8.35. The van der Waals surface area contributed by atoms with Crippen LogP contribution in [0.2, 0.25) is 0 Å². The molecule has 1 heterocycles. The first-order valence-corrected chi connectivity index (χ1v) is 4.96. The molecule has 76 valence electrons. The highest BCUT2D eigenvalue weighted by atomic mass is 32.1. The minimum Gasteiger partial charge on any atom is -0.312 e. The molecule has 0 saturated carbocycles. The molecular formula is C9H12N2O2S. The number of hydrogen-bond acceptors (Lipinski definition) is 4. The molecule has 1 rings (SSSR count). The average molecular weight is 212 g/mol. The van der Waals surface area contributed by atoms with E-state index >= 15 is 0 Å². The van der Waals surface area contributed by atoms with Crippen molar-refractivity contribution in [2.45, 2.75) is 6.92 Å². The number of rotatable bonds is 2. The molecule has 0 unspecified atom stereocenters. The molecular weight excluding hydrogens is 200 g/mol. The summed E-state index contributed by atoms with van der Waals surface area (Å²) in [6.07, 6.45) is -0.471. The molecule has 0 fully saturated rings. The van der Waals surface area contributed by atoms with Gasteiger partial charge in [-0.3, -0.25) is 4.84 Å². The van der Waals surface area contributed by atoms with E-state index < -0.39 is 6.09 Å². The highest BCUT2D eigenvalue weighted by Crippen LogP contribution is 2.09. The van der Waals surface area contributed by atoms with Crippen molar-refractivity contribution in [2.75, 3.05) is 14.1 Å². The molecule has 1 aromatic heterocycles. The van der Waals surface area contributed by atoms with Crippen LogP contribution in [0.15, 0.2) is 22.7 Å². The fraction of sp³-hybridized carbons (Fsp3) is 0.333. The lowest BCUT2D eigenvalue weighted by molar-refractivity contribution is 0.122. The third-order valence-corrected chi connectivity index (χ3v) is 2.48. The maximum Gasteiger partial charge on any atom is 0.435 e. The van der Waals surface area contributed by atoms with Crippen molar-refractivity contribution < 1.29 is 9.63 Å². The van der Waals surface area contributed by atoms with E-state index in [4.69, 9.17) is 0 Å². The number of carbonyl (C=O) groups excluding carboxylic acids is 1. The molecule has 0 aromatic carbocycles. The molecule has 4 nitrogen and oxygen atoms in total. The lowest BCUT2D eigenvalue weighted by Gasteiger charge is -2.06.